The molecule has 1 aliphatic rings. The van der Waals surface area contributed by atoms with E-state index in [1.165, 1.54) is 28.6 Å². The molecule has 4 aromatic rings. The molecule has 0 unspecified atom stereocenters. The van der Waals surface area contributed by atoms with Crippen LogP contribution in [0.2, 0.25) is 0 Å². The highest BCUT2D eigenvalue weighted by molar-refractivity contribution is 7.99. The zero-order valence-corrected chi connectivity index (χ0v) is 20.9. The Balaban J connectivity index is 1.24. The monoisotopic (exact) mass is 487 g/mol. The number of amides is 1. The minimum Gasteiger partial charge on any atom is -0.461 e. The third-order valence-electron chi connectivity index (χ3n) is 6.52. The number of furan rings is 1. The molecule has 1 amide bonds. The fourth-order valence-electron chi connectivity index (χ4n) is 4.38. The number of anilines is 1. The predicted octanol–water partition coefficient (Wildman–Crippen LogP) is 4.64. The van der Waals surface area contributed by atoms with E-state index in [2.05, 4.69) is 59.3 Å². The predicted molar refractivity (Wildman–Crippen MR) is 139 cm³/mol. The summed E-state index contributed by atoms with van der Waals surface area (Å²) in [6.45, 7) is 8.04. The van der Waals surface area contributed by atoms with Gasteiger partial charge < -0.3 is 14.2 Å². The van der Waals surface area contributed by atoms with Gasteiger partial charge in [0.05, 0.1) is 18.6 Å². The van der Waals surface area contributed by atoms with Gasteiger partial charge in [-0.2, -0.15) is 0 Å². The van der Waals surface area contributed by atoms with Gasteiger partial charge in [0.1, 0.15) is 0 Å². The van der Waals surface area contributed by atoms with Gasteiger partial charge in [0.25, 0.3) is 0 Å². The molecule has 1 aliphatic heterocycles. The van der Waals surface area contributed by atoms with E-state index in [-0.39, 0.29) is 5.91 Å². The number of benzene rings is 2. The summed E-state index contributed by atoms with van der Waals surface area (Å²) in [5.74, 6) is 1.78. The molecule has 0 atom stereocenters. The first kappa shape index (κ1) is 23.2. The summed E-state index contributed by atoms with van der Waals surface area (Å²) in [5.41, 5.74) is 5.01. The van der Waals surface area contributed by atoms with Crippen molar-refractivity contribution in [3.8, 4) is 11.6 Å². The summed E-state index contributed by atoms with van der Waals surface area (Å²) in [6.07, 6.45) is 1.63. The standard InChI is InChI=1S/C27H29N5O2S/c1-20-8-6-11-23(21(20)2)30-13-15-31(16-14-30)25(33)19-35-27-29-28-26(24-12-7-17-34-24)32(27)18-22-9-4-3-5-10-22/h3-12,17H,13-16,18-19H2,1-2H3. The van der Waals surface area contributed by atoms with Crippen LogP contribution in [0.1, 0.15) is 16.7 Å². The third kappa shape index (κ3) is 5.12. The molecule has 0 N–H and O–H groups in total. The first-order valence-electron chi connectivity index (χ1n) is 11.8. The lowest BCUT2D eigenvalue weighted by Gasteiger charge is -2.37. The molecule has 2 aromatic carbocycles. The Labute approximate surface area is 209 Å². The van der Waals surface area contributed by atoms with Gasteiger partial charge in [-0.15, -0.1) is 10.2 Å². The highest BCUT2D eigenvalue weighted by Crippen LogP contribution is 2.27. The molecule has 5 rings (SSSR count). The zero-order valence-electron chi connectivity index (χ0n) is 20.1. The lowest BCUT2D eigenvalue weighted by Crippen LogP contribution is -2.49. The molecule has 35 heavy (non-hydrogen) atoms. The number of carbonyl (C=O) groups is 1. The Morgan fingerprint density at radius 2 is 1.74 bits per heavy atom. The van der Waals surface area contributed by atoms with Crippen LogP contribution >= 0.6 is 11.8 Å². The molecule has 2 aromatic heterocycles. The number of rotatable bonds is 7. The Bertz CT molecular complexity index is 1280. The smallest absolute Gasteiger partial charge is 0.233 e. The second-order valence-corrected chi connectivity index (χ2v) is 9.67. The summed E-state index contributed by atoms with van der Waals surface area (Å²) in [7, 11) is 0. The van der Waals surface area contributed by atoms with Gasteiger partial charge in [-0.3, -0.25) is 9.36 Å². The second-order valence-electron chi connectivity index (χ2n) is 8.73. The first-order valence-corrected chi connectivity index (χ1v) is 12.8. The van der Waals surface area contributed by atoms with E-state index in [9.17, 15) is 4.79 Å². The number of aromatic nitrogens is 3. The molecular weight excluding hydrogens is 458 g/mol. The molecule has 0 spiro atoms. The lowest BCUT2D eigenvalue weighted by molar-refractivity contribution is -0.128. The SMILES string of the molecule is Cc1cccc(N2CCN(C(=O)CSc3nnc(-c4ccco4)n3Cc3ccccc3)CC2)c1C. The molecule has 8 heteroatoms. The zero-order chi connectivity index (χ0) is 24.2. The Morgan fingerprint density at radius 3 is 2.49 bits per heavy atom. The normalized spacial score (nSPS) is 13.9. The van der Waals surface area contributed by atoms with Crippen molar-refractivity contribution in [3.63, 3.8) is 0 Å². The number of hydrogen-bond acceptors (Lipinski definition) is 6. The molecule has 1 fully saturated rings. The molecule has 180 valence electrons. The molecular formula is C27H29N5O2S. The Morgan fingerprint density at radius 1 is 0.943 bits per heavy atom. The number of hydrogen-bond donors (Lipinski definition) is 0. The number of aryl methyl sites for hydroxylation is 1. The molecule has 0 radical (unpaired) electrons. The van der Waals surface area contributed by atoms with Crippen LogP contribution in [0.5, 0.6) is 0 Å². The fourth-order valence-corrected chi connectivity index (χ4v) is 5.23. The van der Waals surface area contributed by atoms with Gasteiger partial charge >= 0.3 is 0 Å². The van der Waals surface area contributed by atoms with Crippen molar-refractivity contribution in [1.29, 1.82) is 0 Å². The van der Waals surface area contributed by atoms with Crippen molar-refractivity contribution in [2.45, 2.75) is 25.5 Å². The van der Waals surface area contributed by atoms with E-state index in [0.29, 0.717) is 29.0 Å². The summed E-state index contributed by atoms with van der Waals surface area (Å²) in [6, 6.07) is 20.3. The summed E-state index contributed by atoms with van der Waals surface area (Å²) in [4.78, 5) is 17.4. The van der Waals surface area contributed by atoms with Crippen molar-refractivity contribution in [2.24, 2.45) is 0 Å². The number of carbonyl (C=O) groups excluding carboxylic acids is 1. The highest BCUT2D eigenvalue weighted by Gasteiger charge is 2.24. The van der Waals surface area contributed by atoms with E-state index in [4.69, 9.17) is 4.42 Å². The Kier molecular flexibility index (Phi) is 6.90. The van der Waals surface area contributed by atoms with Crippen LogP contribution in [-0.2, 0) is 11.3 Å². The van der Waals surface area contributed by atoms with E-state index in [1.54, 1.807) is 6.26 Å². The van der Waals surface area contributed by atoms with Crippen molar-refractivity contribution < 1.29 is 9.21 Å². The molecule has 7 nitrogen and oxygen atoms in total. The van der Waals surface area contributed by atoms with E-state index < -0.39 is 0 Å². The van der Waals surface area contributed by atoms with Crippen LogP contribution in [0.3, 0.4) is 0 Å². The molecule has 1 saturated heterocycles. The lowest BCUT2D eigenvalue weighted by atomic mass is 10.1. The quantitative estimate of drug-likeness (QED) is 0.354. The topological polar surface area (TPSA) is 67.4 Å². The number of nitrogens with zero attached hydrogens (tertiary/aromatic N) is 5. The van der Waals surface area contributed by atoms with E-state index >= 15 is 0 Å². The van der Waals surface area contributed by atoms with Crippen molar-refractivity contribution in [2.75, 3.05) is 36.8 Å². The van der Waals surface area contributed by atoms with Gasteiger partial charge in [-0.05, 0) is 48.7 Å². The van der Waals surface area contributed by atoms with Gasteiger partial charge in [0.2, 0.25) is 11.7 Å². The number of piperazine rings is 1. The van der Waals surface area contributed by atoms with Crippen LogP contribution in [-0.4, -0.2) is 57.5 Å². The number of thioether (sulfide) groups is 1. The fraction of sp³-hybridized carbons (Fsp3) is 0.296. The Hall–Kier alpha value is -3.52. The van der Waals surface area contributed by atoms with Crippen LogP contribution in [0.25, 0.3) is 11.6 Å². The van der Waals surface area contributed by atoms with Crippen LogP contribution in [0.15, 0.2) is 76.5 Å². The van der Waals surface area contributed by atoms with Crippen molar-refractivity contribution in [1.82, 2.24) is 19.7 Å². The first-order chi connectivity index (χ1) is 17.1. The van der Waals surface area contributed by atoms with Crippen LogP contribution in [0, 0.1) is 13.8 Å². The molecule has 0 bridgehead atoms. The minimum atomic E-state index is 0.129. The maximum Gasteiger partial charge on any atom is 0.233 e. The maximum absolute atomic E-state index is 13.1. The highest BCUT2D eigenvalue weighted by atomic mass is 32.2. The maximum atomic E-state index is 13.1. The third-order valence-corrected chi connectivity index (χ3v) is 7.47. The minimum absolute atomic E-state index is 0.129. The summed E-state index contributed by atoms with van der Waals surface area (Å²) in [5, 5.41) is 9.47. The average molecular weight is 488 g/mol. The van der Waals surface area contributed by atoms with Gasteiger partial charge in [-0.25, -0.2) is 0 Å². The summed E-state index contributed by atoms with van der Waals surface area (Å²) >= 11 is 1.43. The van der Waals surface area contributed by atoms with E-state index in [1.807, 2.05) is 39.8 Å². The van der Waals surface area contributed by atoms with Gasteiger partial charge in [0.15, 0.2) is 10.9 Å². The van der Waals surface area contributed by atoms with E-state index in [0.717, 1.165) is 31.7 Å². The van der Waals surface area contributed by atoms with Gasteiger partial charge in [0, 0.05) is 31.9 Å². The van der Waals surface area contributed by atoms with Gasteiger partial charge in [-0.1, -0.05) is 54.2 Å². The molecule has 0 saturated carbocycles. The van der Waals surface area contributed by atoms with Crippen molar-refractivity contribution >= 4 is 23.4 Å². The second kappa shape index (κ2) is 10.4. The average Bonchev–Trinajstić information content (AvgIpc) is 3.55. The molecule has 0 aliphatic carbocycles. The van der Waals surface area contributed by atoms with Crippen LogP contribution < -0.4 is 4.90 Å². The molecule has 3 heterocycles. The van der Waals surface area contributed by atoms with Crippen molar-refractivity contribution in [3.05, 3.63) is 83.6 Å². The van der Waals surface area contributed by atoms with Crippen LogP contribution in [0.4, 0.5) is 5.69 Å². The largest absolute Gasteiger partial charge is 0.461 e. The summed E-state index contributed by atoms with van der Waals surface area (Å²) < 4.78 is 7.60.